The fourth-order valence-corrected chi connectivity index (χ4v) is 3.41. The predicted molar refractivity (Wildman–Crippen MR) is 83.5 cm³/mol. The molecule has 1 aliphatic rings. The molecule has 0 bridgehead atoms. The first kappa shape index (κ1) is 14.6. The summed E-state index contributed by atoms with van der Waals surface area (Å²) in [6, 6.07) is 11.6. The largest absolute Gasteiger partial charge is 0.313 e. The molecule has 0 heterocycles. The minimum Gasteiger partial charge on any atom is -0.313 e. The summed E-state index contributed by atoms with van der Waals surface area (Å²) in [6.07, 6.45) is 8.48. The normalized spacial score (nSPS) is 20.1. The van der Waals surface area contributed by atoms with Gasteiger partial charge in [0.2, 0.25) is 0 Å². The van der Waals surface area contributed by atoms with E-state index in [0.29, 0.717) is 5.92 Å². The van der Waals surface area contributed by atoms with Gasteiger partial charge in [-0.3, -0.25) is 0 Å². The summed E-state index contributed by atoms with van der Waals surface area (Å²) in [5.41, 5.74) is 1.45. The van der Waals surface area contributed by atoms with Gasteiger partial charge in [-0.15, -0.1) is 0 Å². The zero-order valence-electron chi connectivity index (χ0n) is 12.6. The maximum Gasteiger partial charge on any atom is 0.00929 e. The molecule has 0 radical (unpaired) electrons. The van der Waals surface area contributed by atoms with Crippen LogP contribution in [0.25, 0.3) is 0 Å². The maximum atomic E-state index is 3.84. The van der Waals surface area contributed by atoms with Gasteiger partial charge >= 0.3 is 0 Å². The van der Waals surface area contributed by atoms with Gasteiger partial charge in [-0.2, -0.15) is 0 Å². The van der Waals surface area contributed by atoms with Crippen LogP contribution in [0.1, 0.15) is 63.9 Å². The Morgan fingerprint density at radius 3 is 2.42 bits per heavy atom. The van der Waals surface area contributed by atoms with Gasteiger partial charge in [-0.1, -0.05) is 63.4 Å². The fourth-order valence-electron chi connectivity index (χ4n) is 3.41. The monoisotopic (exact) mass is 259 g/mol. The Morgan fingerprint density at radius 1 is 1.11 bits per heavy atom. The average molecular weight is 259 g/mol. The summed E-state index contributed by atoms with van der Waals surface area (Å²) in [7, 11) is 0. The number of nitrogens with one attached hydrogen (secondary N) is 1. The smallest absolute Gasteiger partial charge is 0.00929 e. The fraction of sp³-hybridized carbons (Fsp3) is 0.667. The van der Waals surface area contributed by atoms with Gasteiger partial charge in [0.15, 0.2) is 0 Å². The molecule has 2 unspecified atom stereocenters. The number of hydrogen-bond acceptors (Lipinski definition) is 1. The second-order valence-electron chi connectivity index (χ2n) is 6.13. The molecule has 1 fully saturated rings. The first-order valence-corrected chi connectivity index (χ1v) is 8.09. The first-order valence-electron chi connectivity index (χ1n) is 8.09. The second-order valence-corrected chi connectivity index (χ2v) is 6.13. The van der Waals surface area contributed by atoms with Crippen LogP contribution in [-0.2, 0) is 0 Å². The standard InChI is InChI=1S/C18H29N/c1-3-18(17-12-8-5-9-13-17)19-14-15(2)16-10-6-4-7-11-16/h4,6-7,10-11,15,17-19H,3,5,8-9,12-14H2,1-2H3. The third kappa shape index (κ3) is 4.35. The molecule has 0 spiro atoms. The van der Waals surface area contributed by atoms with Crippen molar-refractivity contribution in [2.45, 2.75) is 64.3 Å². The Balaban J connectivity index is 1.82. The SMILES string of the molecule is CCC(NCC(C)c1ccccc1)C1CCCCC1. The molecular weight excluding hydrogens is 230 g/mol. The molecule has 106 valence electrons. The lowest BCUT2D eigenvalue weighted by Gasteiger charge is -2.31. The van der Waals surface area contributed by atoms with Crippen molar-refractivity contribution >= 4 is 0 Å². The Labute approximate surface area is 118 Å². The molecular formula is C18H29N. The summed E-state index contributed by atoms with van der Waals surface area (Å²) >= 11 is 0. The molecule has 0 saturated heterocycles. The molecule has 2 rings (SSSR count). The summed E-state index contributed by atoms with van der Waals surface area (Å²) < 4.78 is 0. The topological polar surface area (TPSA) is 12.0 Å². The lowest BCUT2D eigenvalue weighted by atomic mass is 9.82. The van der Waals surface area contributed by atoms with Gasteiger partial charge in [0, 0.05) is 12.6 Å². The highest BCUT2D eigenvalue weighted by molar-refractivity contribution is 5.19. The van der Waals surface area contributed by atoms with Gasteiger partial charge in [-0.25, -0.2) is 0 Å². The summed E-state index contributed by atoms with van der Waals surface area (Å²) in [5, 5.41) is 3.84. The van der Waals surface area contributed by atoms with Gasteiger partial charge < -0.3 is 5.32 Å². The van der Waals surface area contributed by atoms with Crippen molar-refractivity contribution in [1.82, 2.24) is 5.32 Å². The van der Waals surface area contributed by atoms with E-state index in [1.165, 1.54) is 44.1 Å². The molecule has 1 aromatic carbocycles. The number of hydrogen-bond donors (Lipinski definition) is 1. The average Bonchev–Trinajstić information content (AvgIpc) is 2.49. The Hall–Kier alpha value is -0.820. The lowest BCUT2D eigenvalue weighted by molar-refractivity contribution is 0.261. The van der Waals surface area contributed by atoms with Crippen LogP contribution in [-0.4, -0.2) is 12.6 Å². The highest BCUT2D eigenvalue weighted by Gasteiger charge is 2.22. The lowest BCUT2D eigenvalue weighted by Crippen LogP contribution is -2.38. The van der Waals surface area contributed by atoms with Crippen molar-refractivity contribution in [2.75, 3.05) is 6.54 Å². The molecule has 1 aliphatic carbocycles. The molecule has 0 aromatic heterocycles. The van der Waals surface area contributed by atoms with Crippen LogP contribution in [0, 0.1) is 5.92 Å². The van der Waals surface area contributed by atoms with E-state index in [9.17, 15) is 0 Å². The van der Waals surface area contributed by atoms with E-state index in [0.717, 1.165) is 18.5 Å². The van der Waals surface area contributed by atoms with Crippen LogP contribution >= 0.6 is 0 Å². The van der Waals surface area contributed by atoms with E-state index in [4.69, 9.17) is 0 Å². The Bertz CT molecular complexity index is 340. The van der Waals surface area contributed by atoms with Crippen LogP contribution in [0.4, 0.5) is 0 Å². The van der Waals surface area contributed by atoms with E-state index in [2.05, 4.69) is 49.5 Å². The zero-order chi connectivity index (χ0) is 13.5. The van der Waals surface area contributed by atoms with Crippen molar-refractivity contribution in [3.8, 4) is 0 Å². The Kier molecular flexibility index (Phi) is 5.91. The van der Waals surface area contributed by atoms with Crippen LogP contribution in [0.2, 0.25) is 0 Å². The van der Waals surface area contributed by atoms with Gasteiger partial charge in [0.25, 0.3) is 0 Å². The Morgan fingerprint density at radius 2 is 1.79 bits per heavy atom. The number of benzene rings is 1. The van der Waals surface area contributed by atoms with Crippen molar-refractivity contribution < 1.29 is 0 Å². The van der Waals surface area contributed by atoms with E-state index in [1.807, 2.05) is 0 Å². The van der Waals surface area contributed by atoms with Gasteiger partial charge in [0.1, 0.15) is 0 Å². The quantitative estimate of drug-likeness (QED) is 0.778. The molecule has 1 heteroatoms. The summed E-state index contributed by atoms with van der Waals surface area (Å²) in [4.78, 5) is 0. The van der Waals surface area contributed by atoms with E-state index < -0.39 is 0 Å². The minimum absolute atomic E-state index is 0.610. The van der Waals surface area contributed by atoms with Crippen molar-refractivity contribution in [3.05, 3.63) is 35.9 Å². The van der Waals surface area contributed by atoms with Gasteiger partial charge in [0.05, 0.1) is 0 Å². The molecule has 1 saturated carbocycles. The van der Waals surface area contributed by atoms with Crippen LogP contribution < -0.4 is 5.32 Å². The minimum atomic E-state index is 0.610. The molecule has 19 heavy (non-hydrogen) atoms. The van der Waals surface area contributed by atoms with E-state index in [1.54, 1.807) is 0 Å². The van der Waals surface area contributed by atoms with Crippen molar-refractivity contribution in [3.63, 3.8) is 0 Å². The molecule has 0 amide bonds. The van der Waals surface area contributed by atoms with Crippen LogP contribution in [0.5, 0.6) is 0 Å². The third-order valence-corrected chi connectivity index (χ3v) is 4.71. The molecule has 0 aliphatic heterocycles. The van der Waals surface area contributed by atoms with Crippen LogP contribution in [0.15, 0.2) is 30.3 Å². The third-order valence-electron chi connectivity index (χ3n) is 4.71. The molecule has 1 nitrogen and oxygen atoms in total. The summed E-state index contributed by atoms with van der Waals surface area (Å²) in [5.74, 6) is 1.53. The van der Waals surface area contributed by atoms with Crippen LogP contribution in [0.3, 0.4) is 0 Å². The molecule has 1 N–H and O–H groups in total. The molecule has 1 aromatic rings. The first-order chi connectivity index (χ1) is 9.31. The number of rotatable bonds is 6. The maximum absolute atomic E-state index is 3.84. The second kappa shape index (κ2) is 7.69. The highest BCUT2D eigenvalue weighted by atomic mass is 14.9. The highest BCUT2D eigenvalue weighted by Crippen LogP contribution is 2.28. The zero-order valence-corrected chi connectivity index (χ0v) is 12.6. The van der Waals surface area contributed by atoms with Crippen molar-refractivity contribution in [1.29, 1.82) is 0 Å². The van der Waals surface area contributed by atoms with Gasteiger partial charge in [-0.05, 0) is 36.7 Å². The van der Waals surface area contributed by atoms with E-state index in [-0.39, 0.29) is 0 Å². The van der Waals surface area contributed by atoms with E-state index >= 15 is 0 Å². The summed E-state index contributed by atoms with van der Waals surface area (Å²) in [6.45, 7) is 5.77. The van der Waals surface area contributed by atoms with Crippen molar-refractivity contribution in [2.24, 2.45) is 5.92 Å². The predicted octanol–water partition coefficient (Wildman–Crippen LogP) is 4.74. The molecule has 2 atom stereocenters.